The number of hydrogen-bond acceptors (Lipinski definition) is 5. The van der Waals surface area contributed by atoms with Crippen LogP contribution in [0.3, 0.4) is 0 Å². The molecule has 0 unspecified atom stereocenters. The van der Waals surface area contributed by atoms with Gasteiger partial charge in [-0.1, -0.05) is 23.4 Å². The van der Waals surface area contributed by atoms with Crippen LogP contribution in [0, 0.1) is 13.8 Å². The molecule has 0 bridgehead atoms. The molecule has 28 heavy (non-hydrogen) atoms. The maximum atomic E-state index is 5.81. The lowest BCUT2D eigenvalue weighted by atomic mass is 10.1. The van der Waals surface area contributed by atoms with E-state index in [0.717, 1.165) is 68.9 Å². The molecule has 1 N–H and O–H groups in total. The Morgan fingerprint density at radius 2 is 1.93 bits per heavy atom. The van der Waals surface area contributed by atoms with Gasteiger partial charge in [0.05, 0.1) is 5.69 Å². The van der Waals surface area contributed by atoms with Crippen molar-refractivity contribution < 1.29 is 9.26 Å². The fraction of sp³-hybridized carbons (Fsp3) is 0.524. The van der Waals surface area contributed by atoms with E-state index in [1.54, 1.807) is 0 Å². The molecule has 3 rings (SSSR count). The maximum absolute atomic E-state index is 5.81. The van der Waals surface area contributed by atoms with Crippen molar-refractivity contribution in [2.75, 3.05) is 52.9 Å². The van der Waals surface area contributed by atoms with Gasteiger partial charge in [-0.3, -0.25) is 9.89 Å². The summed E-state index contributed by atoms with van der Waals surface area (Å²) >= 11 is 0. The van der Waals surface area contributed by atoms with Crippen LogP contribution in [0.1, 0.15) is 17.0 Å². The summed E-state index contributed by atoms with van der Waals surface area (Å²) in [5.41, 5.74) is 2.16. The van der Waals surface area contributed by atoms with E-state index in [9.17, 15) is 0 Å². The summed E-state index contributed by atoms with van der Waals surface area (Å²) in [5, 5.41) is 7.49. The van der Waals surface area contributed by atoms with Gasteiger partial charge < -0.3 is 19.5 Å². The standard InChI is InChI=1S/C21H31N5O2/c1-17-20(18(2)28-24-17)9-10-23-21(22-3)26-13-11-25(12-14-26)15-16-27-19-7-5-4-6-8-19/h4-8H,9-16H2,1-3H3,(H,22,23). The van der Waals surface area contributed by atoms with Crippen molar-refractivity contribution in [1.82, 2.24) is 20.3 Å². The van der Waals surface area contributed by atoms with E-state index in [0.29, 0.717) is 6.61 Å². The minimum Gasteiger partial charge on any atom is -0.492 e. The van der Waals surface area contributed by atoms with E-state index in [1.165, 1.54) is 5.56 Å². The summed E-state index contributed by atoms with van der Waals surface area (Å²) in [6.07, 6.45) is 0.886. The Kier molecular flexibility index (Phi) is 7.31. The Hall–Kier alpha value is -2.54. The number of aliphatic imine (C=N–C) groups is 1. The van der Waals surface area contributed by atoms with Crippen LogP contribution in [0.2, 0.25) is 0 Å². The molecule has 7 heteroatoms. The first kappa shape index (κ1) is 20.2. The highest BCUT2D eigenvalue weighted by Crippen LogP contribution is 2.12. The zero-order valence-corrected chi connectivity index (χ0v) is 17.1. The van der Waals surface area contributed by atoms with Crippen LogP contribution in [0.25, 0.3) is 0 Å². The zero-order valence-electron chi connectivity index (χ0n) is 17.1. The van der Waals surface area contributed by atoms with E-state index in [2.05, 4.69) is 25.3 Å². The van der Waals surface area contributed by atoms with Crippen molar-refractivity contribution in [2.24, 2.45) is 4.99 Å². The molecule has 0 amide bonds. The molecule has 1 aromatic heterocycles. The molecule has 0 aliphatic carbocycles. The summed E-state index contributed by atoms with van der Waals surface area (Å²) in [6, 6.07) is 9.99. The number of guanidine groups is 1. The van der Waals surface area contributed by atoms with Crippen LogP contribution >= 0.6 is 0 Å². The van der Waals surface area contributed by atoms with Gasteiger partial charge in [-0.05, 0) is 32.4 Å². The predicted molar refractivity (Wildman–Crippen MR) is 111 cm³/mol. The summed E-state index contributed by atoms with van der Waals surface area (Å²) < 4.78 is 11.0. The molecule has 0 atom stereocenters. The monoisotopic (exact) mass is 385 g/mol. The lowest BCUT2D eigenvalue weighted by molar-refractivity contribution is 0.152. The largest absolute Gasteiger partial charge is 0.492 e. The topological polar surface area (TPSA) is 66.1 Å². The van der Waals surface area contributed by atoms with Gasteiger partial charge in [0.1, 0.15) is 18.1 Å². The first-order chi connectivity index (χ1) is 13.7. The van der Waals surface area contributed by atoms with Crippen LogP contribution < -0.4 is 10.1 Å². The van der Waals surface area contributed by atoms with Crippen LogP contribution in [0.5, 0.6) is 5.75 Å². The number of benzene rings is 1. The molecule has 7 nitrogen and oxygen atoms in total. The van der Waals surface area contributed by atoms with Crippen molar-refractivity contribution in [3.8, 4) is 5.75 Å². The van der Waals surface area contributed by atoms with Crippen molar-refractivity contribution in [3.63, 3.8) is 0 Å². The molecule has 2 heterocycles. The zero-order chi connectivity index (χ0) is 19.8. The molecule has 1 saturated heterocycles. The van der Waals surface area contributed by atoms with E-state index in [4.69, 9.17) is 9.26 Å². The van der Waals surface area contributed by atoms with Crippen molar-refractivity contribution in [3.05, 3.63) is 47.3 Å². The number of ether oxygens (including phenoxy) is 1. The molecule has 1 aliphatic heterocycles. The van der Waals surface area contributed by atoms with E-state index < -0.39 is 0 Å². The Bertz CT molecular complexity index is 732. The van der Waals surface area contributed by atoms with Crippen LogP contribution in [-0.2, 0) is 6.42 Å². The third-order valence-corrected chi connectivity index (χ3v) is 5.14. The molecule has 2 aromatic rings. The van der Waals surface area contributed by atoms with E-state index >= 15 is 0 Å². The van der Waals surface area contributed by atoms with Gasteiger partial charge in [-0.2, -0.15) is 0 Å². The number of rotatable bonds is 7. The van der Waals surface area contributed by atoms with Crippen LogP contribution in [0.15, 0.2) is 39.8 Å². The Morgan fingerprint density at radius 3 is 2.57 bits per heavy atom. The van der Waals surface area contributed by atoms with Gasteiger partial charge >= 0.3 is 0 Å². The maximum Gasteiger partial charge on any atom is 0.193 e. The summed E-state index contributed by atoms with van der Waals surface area (Å²) in [7, 11) is 1.85. The number of para-hydroxylation sites is 1. The number of aryl methyl sites for hydroxylation is 2. The van der Waals surface area contributed by atoms with Gasteiger partial charge in [0.2, 0.25) is 0 Å². The average molecular weight is 386 g/mol. The van der Waals surface area contributed by atoms with Crippen LogP contribution in [0.4, 0.5) is 0 Å². The lowest BCUT2D eigenvalue weighted by Gasteiger charge is -2.36. The minimum atomic E-state index is 0.717. The van der Waals surface area contributed by atoms with Crippen LogP contribution in [-0.4, -0.2) is 73.8 Å². The van der Waals surface area contributed by atoms with Gasteiger partial charge in [-0.25, -0.2) is 0 Å². The summed E-state index contributed by atoms with van der Waals surface area (Å²) in [5.74, 6) is 2.80. The Labute approximate surface area is 167 Å². The normalized spacial score (nSPS) is 15.7. The van der Waals surface area contributed by atoms with Gasteiger partial charge in [-0.15, -0.1) is 0 Å². The average Bonchev–Trinajstić information content (AvgIpc) is 3.05. The second-order valence-electron chi connectivity index (χ2n) is 7.02. The highest BCUT2D eigenvalue weighted by atomic mass is 16.5. The van der Waals surface area contributed by atoms with Crippen molar-refractivity contribution in [2.45, 2.75) is 20.3 Å². The quantitative estimate of drug-likeness (QED) is 0.582. The predicted octanol–water partition coefficient (Wildman–Crippen LogP) is 2.11. The Morgan fingerprint density at radius 1 is 1.18 bits per heavy atom. The lowest BCUT2D eigenvalue weighted by Crippen LogP contribution is -2.53. The number of piperazine rings is 1. The van der Waals surface area contributed by atoms with Gasteiger partial charge in [0.25, 0.3) is 0 Å². The molecule has 152 valence electrons. The fourth-order valence-corrected chi connectivity index (χ4v) is 3.48. The summed E-state index contributed by atoms with van der Waals surface area (Å²) in [4.78, 5) is 9.21. The van der Waals surface area contributed by atoms with Gasteiger partial charge in [0.15, 0.2) is 5.96 Å². The first-order valence-corrected chi connectivity index (χ1v) is 9.95. The second-order valence-corrected chi connectivity index (χ2v) is 7.02. The molecule has 0 spiro atoms. The minimum absolute atomic E-state index is 0.717. The summed E-state index contributed by atoms with van der Waals surface area (Å²) in [6.45, 7) is 10.4. The number of nitrogens with zero attached hydrogens (tertiary/aromatic N) is 4. The molecule has 1 aliphatic rings. The van der Waals surface area contributed by atoms with E-state index in [-0.39, 0.29) is 0 Å². The first-order valence-electron chi connectivity index (χ1n) is 9.95. The molecule has 1 aromatic carbocycles. The molecule has 0 saturated carbocycles. The number of hydrogen-bond donors (Lipinski definition) is 1. The smallest absolute Gasteiger partial charge is 0.193 e. The highest BCUT2D eigenvalue weighted by Gasteiger charge is 2.19. The highest BCUT2D eigenvalue weighted by molar-refractivity contribution is 5.80. The second kappa shape index (κ2) is 10.1. The van der Waals surface area contributed by atoms with E-state index in [1.807, 2.05) is 51.2 Å². The fourth-order valence-electron chi connectivity index (χ4n) is 3.48. The molecular formula is C21H31N5O2. The Balaban J connectivity index is 1.36. The molecular weight excluding hydrogens is 354 g/mol. The van der Waals surface area contributed by atoms with Crippen molar-refractivity contribution in [1.29, 1.82) is 0 Å². The molecule has 1 fully saturated rings. The third-order valence-electron chi connectivity index (χ3n) is 5.14. The third kappa shape index (κ3) is 5.48. The van der Waals surface area contributed by atoms with Gasteiger partial charge in [0, 0.05) is 51.9 Å². The number of aromatic nitrogens is 1. The van der Waals surface area contributed by atoms with Crippen molar-refractivity contribution >= 4 is 5.96 Å². The number of nitrogens with one attached hydrogen (secondary N) is 1. The SMILES string of the molecule is CN=C(NCCc1c(C)noc1C)N1CCN(CCOc2ccccc2)CC1. The molecule has 0 radical (unpaired) electrons.